The average Bonchev–Trinajstić information content (AvgIpc) is 2.62. The number of nitrogens with one attached hydrogen (secondary N) is 1. The summed E-state index contributed by atoms with van der Waals surface area (Å²) in [4.78, 5) is 12.4. The molecular weight excluding hydrogens is 358 g/mol. The molecule has 0 saturated heterocycles. The molecule has 166 valence electrons. The fraction of sp³-hybridized carbons (Fsp3) is 0.731. The van der Waals surface area contributed by atoms with E-state index in [9.17, 15) is 9.90 Å². The van der Waals surface area contributed by atoms with Gasteiger partial charge in [0.05, 0.1) is 0 Å². The number of carbonyl (C=O) groups is 1. The number of rotatable bonds is 9. The minimum absolute atomic E-state index is 0.113. The third-order valence-corrected chi connectivity index (χ3v) is 6.41. The zero-order valence-corrected chi connectivity index (χ0v) is 20.5. The second-order valence-electron chi connectivity index (χ2n) is 11.0. The van der Waals surface area contributed by atoms with Gasteiger partial charge in [-0.3, -0.25) is 4.79 Å². The molecule has 1 aromatic carbocycles. The van der Waals surface area contributed by atoms with E-state index in [1.165, 1.54) is 12.8 Å². The Morgan fingerprint density at radius 3 is 1.83 bits per heavy atom. The van der Waals surface area contributed by atoms with Crippen molar-refractivity contribution in [1.82, 2.24) is 5.32 Å². The van der Waals surface area contributed by atoms with Crippen LogP contribution in [0.3, 0.4) is 0 Å². The third kappa shape index (κ3) is 7.68. The van der Waals surface area contributed by atoms with Gasteiger partial charge in [-0.1, -0.05) is 87.3 Å². The van der Waals surface area contributed by atoms with E-state index in [0.717, 1.165) is 36.1 Å². The molecular formula is C26H45NO2. The maximum Gasteiger partial charge on any atom is 0.220 e. The van der Waals surface area contributed by atoms with Gasteiger partial charge in [0.2, 0.25) is 5.91 Å². The first kappa shape index (κ1) is 25.5. The third-order valence-electron chi connectivity index (χ3n) is 6.41. The van der Waals surface area contributed by atoms with Gasteiger partial charge >= 0.3 is 0 Å². The van der Waals surface area contributed by atoms with Crippen molar-refractivity contribution in [3.05, 3.63) is 28.8 Å². The molecule has 3 nitrogen and oxygen atoms in total. The Morgan fingerprint density at radius 2 is 1.41 bits per heavy atom. The SMILES string of the molecule is CCC(C)(CC)CCCNC(=O)CCc1cc(C(C)(C)C)c(O)c(C(C)(C)C)c1. The lowest BCUT2D eigenvalue weighted by molar-refractivity contribution is -0.121. The summed E-state index contributed by atoms with van der Waals surface area (Å²) < 4.78 is 0. The van der Waals surface area contributed by atoms with E-state index in [1.807, 2.05) is 0 Å². The van der Waals surface area contributed by atoms with E-state index in [2.05, 4.69) is 79.8 Å². The Morgan fingerprint density at radius 1 is 0.931 bits per heavy atom. The van der Waals surface area contributed by atoms with Crippen molar-refractivity contribution in [2.75, 3.05) is 6.54 Å². The van der Waals surface area contributed by atoms with Crippen LogP contribution in [-0.2, 0) is 22.0 Å². The van der Waals surface area contributed by atoms with E-state index in [-0.39, 0.29) is 16.7 Å². The Bertz CT molecular complexity index is 638. The van der Waals surface area contributed by atoms with Gasteiger partial charge in [0.25, 0.3) is 0 Å². The Hall–Kier alpha value is -1.51. The molecule has 0 bridgehead atoms. The standard InChI is InChI=1S/C26H45NO2/c1-10-26(9,11-2)15-12-16-27-22(28)14-13-19-17-20(24(3,4)5)23(29)21(18-19)25(6,7)8/h17-18,29H,10-16H2,1-9H3,(H,27,28). The lowest BCUT2D eigenvalue weighted by atomic mass is 9.78. The van der Waals surface area contributed by atoms with Gasteiger partial charge in [-0.25, -0.2) is 0 Å². The maximum atomic E-state index is 12.4. The highest BCUT2D eigenvalue weighted by Crippen LogP contribution is 2.40. The number of aryl methyl sites for hydroxylation is 1. The second-order valence-corrected chi connectivity index (χ2v) is 11.0. The van der Waals surface area contributed by atoms with E-state index < -0.39 is 0 Å². The number of amides is 1. The maximum absolute atomic E-state index is 12.4. The molecule has 0 radical (unpaired) electrons. The summed E-state index contributed by atoms with van der Waals surface area (Å²) in [5.74, 6) is 0.510. The minimum Gasteiger partial charge on any atom is -0.507 e. The number of aromatic hydroxyl groups is 1. The van der Waals surface area contributed by atoms with Gasteiger partial charge in [0.15, 0.2) is 0 Å². The molecule has 0 fully saturated rings. The molecule has 0 atom stereocenters. The lowest BCUT2D eigenvalue weighted by Crippen LogP contribution is -2.26. The minimum atomic E-state index is -0.145. The van der Waals surface area contributed by atoms with Crippen molar-refractivity contribution in [2.24, 2.45) is 5.41 Å². The molecule has 3 heteroatoms. The molecule has 2 N–H and O–H groups in total. The van der Waals surface area contributed by atoms with Crippen LogP contribution in [0.5, 0.6) is 5.75 Å². The van der Waals surface area contributed by atoms with Crippen LogP contribution in [0.25, 0.3) is 0 Å². The molecule has 29 heavy (non-hydrogen) atoms. The molecule has 1 amide bonds. The van der Waals surface area contributed by atoms with Crippen molar-refractivity contribution in [3.8, 4) is 5.75 Å². The van der Waals surface area contributed by atoms with Crippen LogP contribution in [0.15, 0.2) is 12.1 Å². The monoisotopic (exact) mass is 403 g/mol. The highest BCUT2D eigenvalue weighted by molar-refractivity contribution is 5.76. The molecule has 0 spiro atoms. The van der Waals surface area contributed by atoms with Crippen LogP contribution in [-0.4, -0.2) is 17.6 Å². The molecule has 0 unspecified atom stereocenters. The second kappa shape index (κ2) is 10.00. The molecule has 0 aliphatic carbocycles. The number of phenolic OH excluding ortho intramolecular Hbond substituents is 1. The summed E-state index contributed by atoms with van der Waals surface area (Å²) in [5, 5.41) is 13.9. The van der Waals surface area contributed by atoms with Crippen molar-refractivity contribution < 1.29 is 9.90 Å². The molecule has 1 rings (SSSR count). The molecule has 0 saturated carbocycles. The van der Waals surface area contributed by atoms with Crippen molar-refractivity contribution in [1.29, 1.82) is 0 Å². The highest BCUT2D eigenvalue weighted by atomic mass is 16.3. The number of hydrogen-bond donors (Lipinski definition) is 2. The van der Waals surface area contributed by atoms with Gasteiger partial charge in [-0.15, -0.1) is 0 Å². The average molecular weight is 404 g/mol. The van der Waals surface area contributed by atoms with Gasteiger partial charge in [0.1, 0.15) is 5.75 Å². The zero-order valence-electron chi connectivity index (χ0n) is 20.5. The highest BCUT2D eigenvalue weighted by Gasteiger charge is 2.26. The van der Waals surface area contributed by atoms with Crippen LogP contribution in [0.4, 0.5) is 0 Å². The number of hydrogen-bond acceptors (Lipinski definition) is 2. The first-order valence-electron chi connectivity index (χ1n) is 11.4. The number of benzene rings is 1. The summed E-state index contributed by atoms with van der Waals surface area (Å²) in [5.41, 5.74) is 3.14. The molecule has 0 aromatic heterocycles. The van der Waals surface area contributed by atoms with E-state index in [0.29, 0.717) is 24.0 Å². The Balaban J connectivity index is 2.75. The quantitative estimate of drug-likeness (QED) is 0.454. The number of phenols is 1. The van der Waals surface area contributed by atoms with Crippen molar-refractivity contribution in [2.45, 2.75) is 112 Å². The molecule has 0 aliphatic rings. The van der Waals surface area contributed by atoms with E-state index >= 15 is 0 Å². The first-order valence-corrected chi connectivity index (χ1v) is 11.4. The van der Waals surface area contributed by atoms with Crippen LogP contribution in [0.2, 0.25) is 0 Å². The van der Waals surface area contributed by atoms with E-state index in [1.54, 1.807) is 0 Å². The van der Waals surface area contributed by atoms with Crippen molar-refractivity contribution in [3.63, 3.8) is 0 Å². The zero-order chi connectivity index (χ0) is 22.5. The Labute approximate surface area is 179 Å². The molecule has 0 aliphatic heterocycles. The summed E-state index contributed by atoms with van der Waals surface area (Å²) in [6.07, 6.45) is 5.74. The first-order chi connectivity index (χ1) is 13.2. The van der Waals surface area contributed by atoms with E-state index in [4.69, 9.17) is 0 Å². The summed E-state index contributed by atoms with van der Waals surface area (Å²) in [6.45, 7) is 20.3. The summed E-state index contributed by atoms with van der Waals surface area (Å²) >= 11 is 0. The van der Waals surface area contributed by atoms with Crippen LogP contribution >= 0.6 is 0 Å². The van der Waals surface area contributed by atoms with Gasteiger partial charge < -0.3 is 10.4 Å². The van der Waals surface area contributed by atoms with Crippen LogP contribution < -0.4 is 5.32 Å². The summed E-state index contributed by atoms with van der Waals surface area (Å²) in [6, 6.07) is 4.15. The number of carbonyl (C=O) groups excluding carboxylic acids is 1. The predicted molar refractivity (Wildman–Crippen MR) is 125 cm³/mol. The van der Waals surface area contributed by atoms with Crippen molar-refractivity contribution >= 4 is 5.91 Å². The van der Waals surface area contributed by atoms with Gasteiger partial charge in [-0.05, 0) is 52.2 Å². The molecule has 1 aromatic rings. The largest absolute Gasteiger partial charge is 0.507 e. The van der Waals surface area contributed by atoms with Crippen LogP contribution in [0.1, 0.15) is 111 Å². The fourth-order valence-corrected chi connectivity index (χ4v) is 3.67. The smallest absolute Gasteiger partial charge is 0.220 e. The topological polar surface area (TPSA) is 49.3 Å². The fourth-order valence-electron chi connectivity index (χ4n) is 3.67. The Kier molecular flexibility index (Phi) is 8.80. The lowest BCUT2D eigenvalue weighted by Gasteiger charge is -2.28. The van der Waals surface area contributed by atoms with Gasteiger partial charge in [0, 0.05) is 13.0 Å². The predicted octanol–water partition coefficient (Wildman–Crippen LogP) is 6.64. The van der Waals surface area contributed by atoms with Gasteiger partial charge in [-0.2, -0.15) is 0 Å². The summed E-state index contributed by atoms with van der Waals surface area (Å²) in [7, 11) is 0. The molecule has 0 heterocycles. The normalized spacial score (nSPS) is 12.9. The van der Waals surface area contributed by atoms with Crippen LogP contribution in [0, 0.1) is 5.41 Å².